The fourth-order valence-corrected chi connectivity index (χ4v) is 3.69. The van der Waals surface area contributed by atoms with Gasteiger partial charge in [-0.25, -0.2) is 4.39 Å². The summed E-state index contributed by atoms with van der Waals surface area (Å²) >= 11 is 14.0. The molecule has 0 bridgehead atoms. The molecule has 1 aromatic carbocycles. The predicted molar refractivity (Wildman–Crippen MR) is 83.2 cm³/mol. The number of hydrogen-bond donors (Lipinski definition) is 1. The van der Waals surface area contributed by atoms with E-state index in [2.05, 4.69) is 37.2 Å². The van der Waals surface area contributed by atoms with Gasteiger partial charge in [0.2, 0.25) is 0 Å². The lowest BCUT2D eigenvalue weighted by Gasteiger charge is -2.09. The Labute approximate surface area is 131 Å². The number of aryl methyl sites for hydroxylation is 1. The lowest BCUT2D eigenvalue weighted by Crippen LogP contribution is -2.00. The van der Waals surface area contributed by atoms with Crippen molar-refractivity contribution in [3.8, 4) is 0 Å². The van der Waals surface area contributed by atoms with Crippen LogP contribution in [0.4, 0.5) is 10.1 Å². The zero-order chi connectivity index (χ0) is 13.3. The highest BCUT2D eigenvalue weighted by atomic mass is 79.9. The number of rotatable bonds is 3. The van der Waals surface area contributed by atoms with Gasteiger partial charge in [0.15, 0.2) is 0 Å². The van der Waals surface area contributed by atoms with E-state index >= 15 is 0 Å². The Balaban J connectivity index is 2.13. The zero-order valence-electron chi connectivity index (χ0n) is 9.36. The molecule has 0 fully saturated rings. The first-order chi connectivity index (χ1) is 8.47. The zero-order valence-corrected chi connectivity index (χ0v) is 14.1. The van der Waals surface area contributed by atoms with Gasteiger partial charge in [-0.2, -0.15) is 0 Å². The van der Waals surface area contributed by atoms with Crippen LogP contribution in [0.1, 0.15) is 10.4 Å². The molecule has 0 amide bonds. The molecule has 1 N–H and O–H groups in total. The van der Waals surface area contributed by atoms with Crippen LogP contribution in [0.5, 0.6) is 0 Å². The average molecular weight is 414 g/mol. The van der Waals surface area contributed by atoms with Crippen molar-refractivity contribution in [1.29, 1.82) is 0 Å². The summed E-state index contributed by atoms with van der Waals surface area (Å²) in [7, 11) is 0. The largest absolute Gasteiger partial charge is 0.380 e. The highest BCUT2D eigenvalue weighted by molar-refractivity contribution is 9.10. The highest BCUT2D eigenvalue weighted by Crippen LogP contribution is 2.32. The first-order valence-electron chi connectivity index (χ1n) is 5.10. The fourth-order valence-electron chi connectivity index (χ4n) is 1.50. The van der Waals surface area contributed by atoms with Gasteiger partial charge >= 0.3 is 0 Å². The third kappa shape index (κ3) is 3.26. The van der Waals surface area contributed by atoms with E-state index in [1.165, 1.54) is 17.4 Å². The summed E-state index contributed by atoms with van der Waals surface area (Å²) in [4.78, 5) is 1.09. The predicted octanol–water partition coefficient (Wildman–Crippen LogP) is 5.99. The lowest BCUT2D eigenvalue weighted by atomic mass is 10.2. The molecule has 96 valence electrons. The maximum atomic E-state index is 13.4. The second-order valence-corrected chi connectivity index (χ2v) is 7.22. The summed E-state index contributed by atoms with van der Waals surface area (Å²) in [6, 6.07) is 5.21. The molecule has 2 rings (SSSR count). The Hall–Kier alpha value is -0.100. The molecule has 0 saturated heterocycles. The number of thiophene rings is 1. The number of halogens is 4. The molecule has 1 heterocycles. The summed E-state index contributed by atoms with van der Waals surface area (Å²) in [5.74, 6) is -0.270. The third-order valence-electron chi connectivity index (χ3n) is 2.42. The van der Waals surface area contributed by atoms with Crippen LogP contribution in [0.2, 0.25) is 4.34 Å². The summed E-state index contributed by atoms with van der Waals surface area (Å²) < 4.78 is 15.5. The highest BCUT2D eigenvalue weighted by Gasteiger charge is 2.07. The van der Waals surface area contributed by atoms with Gasteiger partial charge in [-0.15, -0.1) is 11.3 Å². The Morgan fingerprint density at radius 1 is 1.28 bits per heavy atom. The van der Waals surface area contributed by atoms with Crippen LogP contribution in [0, 0.1) is 12.7 Å². The van der Waals surface area contributed by atoms with Gasteiger partial charge in [-0.1, -0.05) is 11.6 Å². The fraction of sp³-hybridized carbons (Fsp3) is 0.167. The number of benzene rings is 1. The van der Waals surface area contributed by atoms with E-state index in [1.54, 1.807) is 6.07 Å². The van der Waals surface area contributed by atoms with Crippen LogP contribution in [-0.2, 0) is 6.54 Å². The van der Waals surface area contributed by atoms with Crippen molar-refractivity contribution in [3.63, 3.8) is 0 Å². The van der Waals surface area contributed by atoms with Crippen molar-refractivity contribution >= 4 is 60.5 Å². The van der Waals surface area contributed by atoms with E-state index in [9.17, 15) is 4.39 Å². The summed E-state index contributed by atoms with van der Waals surface area (Å²) in [5, 5.41) is 3.21. The topological polar surface area (TPSA) is 12.0 Å². The smallest absolute Gasteiger partial charge is 0.139 e. The van der Waals surface area contributed by atoms with Crippen LogP contribution in [0.15, 0.2) is 27.1 Å². The molecule has 18 heavy (non-hydrogen) atoms. The van der Waals surface area contributed by atoms with Crippen LogP contribution in [0.3, 0.4) is 0 Å². The summed E-state index contributed by atoms with van der Waals surface area (Å²) in [6.07, 6.45) is 0. The normalized spacial score (nSPS) is 10.7. The molecule has 0 radical (unpaired) electrons. The van der Waals surface area contributed by atoms with Crippen LogP contribution in [-0.4, -0.2) is 0 Å². The summed E-state index contributed by atoms with van der Waals surface area (Å²) in [6.45, 7) is 2.56. The molecule has 0 aliphatic heterocycles. The molecular formula is C12H9Br2ClFNS. The quantitative estimate of drug-likeness (QED) is 0.652. The minimum absolute atomic E-state index is 0.270. The first-order valence-corrected chi connectivity index (χ1v) is 7.88. The van der Waals surface area contributed by atoms with E-state index in [-0.39, 0.29) is 5.82 Å². The van der Waals surface area contributed by atoms with Gasteiger partial charge in [-0.3, -0.25) is 0 Å². The van der Waals surface area contributed by atoms with Crippen LogP contribution >= 0.6 is 54.8 Å². The minimum Gasteiger partial charge on any atom is -0.380 e. The Morgan fingerprint density at radius 2 is 2.00 bits per heavy atom. The van der Waals surface area contributed by atoms with Crippen molar-refractivity contribution in [2.75, 3.05) is 5.32 Å². The van der Waals surface area contributed by atoms with Crippen LogP contribution < -0.4 is 5.32 Å². The van der Waals surface area contributed by atoms with Gasteiger partial charge in [0, 0.05) is 21.6 Å². The van der Waals surface area contributed by atoms with Crippen molar-refractivity contribution in [3.05, 3.63) is 47.7 Å². The number of nitrogens with one attached hydrogen (secondary N) is 1. The van der Waals surface area contributed by atoms with Gasteiger partial charge in [-0.05, 0) is 62.5 Å². The molecule has 6 heteroatoms. The molecule has 0 spiro atoms. The first kappa shape index (κ1) is 14.3. The minimum atomic E-state index is -0.270. The Kier molecular flexibility index (Phi) is 4.69. The maximum absolute atomic E-state index is 13.4. The van der Waals surface area contributed by atoms with Gasteiger partial charge in [0.1, 0.15) is 10.2 Å². The van der Waals surface area contributed by atoms with Gasteiger partial charge in [0.05, 0.1) is 4.47 Å². The molecule has 2 aromatic rings. The maximum Gasteiger partial charge on any atom is 0.139 e. The lowest BCUT2D eigenvalue weighted by molar-refractivity contribution is 0.621. The molecule has 1 nitrogen and oxygen atoms in total. The van der Waals surface area contributed by atoms with E-state index in [0.717, 1.165) is 24.9 Å². The van der Waals surface area contributed by atoms with E-state index in [0.29, 0.717) is 11.0 Å². The van der Waals surface area contributed by atoms with Gasteiger partial charge in [0.25, 0.3) is 0 Å². The van der Waals surface area contributed by atoms with Crippen LogP contribution in [0.25, 0.3) is 0 Å². The number of anilines is 1. The molecule has 0 saturated carbocycles. The van der Waals surface area contributed by atoms with Crippen molar-refractivity contribution in [1.82, 2.24) is 0 Å². The second-order valence-electron chi connectivity index (χ2n) is 3.77. The van der Waals surface area contributed by atoms with Crippen molar-refractivity contribution < 1.29 is 4.39 Å². The molecule has 0 unspecified atom stereocenters. The molecule has 0 aliphatic rings. The SMILES string of the molecule is Cc1cc(Br)c(F)cc1NCc1cc(Br)c(Cl)s1. The van der Waals surface area contributed by atoms with E-state index in [1.807, 2.05) is 13.0 Å². The Bertz CT molecular complexity index is 566. The summed E-state index contributed by atoms with van der Waals surface area (Å²) in [5.41, 5.74) is 1.78. The standard InChI is InChI=1S/C12H9Br2ClFNS/c1-6-2-8(13)10(16)4-11(6)17-5-7-3-9(14)12(15)18-7/h2-4,17H,5H2,1H3. The monoisotopic (exact) mass is 411 g/mol. The third-order valence-corrected chi connectivity index (χ3v) is 5.50. The van der Waals surface area contributed by atoms with E-state index < -0.39 is 0 Å². The molecular weight excluding hydrogens is 404 g/mol. The van der Waals surface area contributed by atoms with Gasteiger partial charge < -0.3 is 5.32 Å². The molecule has 0 aliphatic carbocycles. The van der Waals surface area contributed by atoms with Crippen molar-refractivity contribution in [2.24, 2.45) is 0 Å². The number of hydrogen-bond acceptors (Lipinski definition) is 2. The molecule has 0 atom stereocenters. The molecule has 1 aromatic heterocycles. The average Bonchev–Trinajstić information content (AvgIpc) is 2.62. The Morgan fingerprint density at radius 3 is 2.61 bits per heavy atom. The second kappa shape index (κ2) is 5.90. The van der Waals surface area contributed by atoms with Crippen molar-refractivity contribution in [2.45, 2.75) is 13.5 Å². The van der Waals surface area contributed by atoms with E-state index in [4.69, 9.17) is 11.6 Å².